The van der Waals surface area contributed by atoms with Crippen LogP contribution < -0.4 is 10.6 Å². The van der Waals surface area contributed by atoms with Gasteiger partial charge in [-0.1, -0.05) is 0 Å². The van der Waals surface area contributed by atoms with Gasteiger partial charge in [0.2, 0.25) is 0 Å². The highest BCUT2D eigenvalue weighted by Crippen LogP contribution is 2.34. The number of nitrogens with two attached hydrogens (primary N) is 1. The van der Waals surface area contributed by atoms with Crippen molar-refractivity contribution in [2.24, 2.45) is 18.7 Å². The van der Waals surface area contributed by atoms with Crippen molar-refractivity contribution in [3.8, 4) is 0 Å². The molecular formula is C14H26N4. The first-order valence-corrected chi connectivity index (χ1v) is 7.03. The molecule has 0 aliphatic heterocycles. The lowest BCUT2D eigenvalue weighted by Gasteiger charge is -2.30. The number of nitrogens with zero attached hydrogens (tertiary/aromatic N) is 3. The van der Waals surface area contributed by atoms with Crippen LogP contribution in [0.2, 0.25) is 0 Å². The molecule has 0 bridgehead atoms. The predicted molar refractivity (Wildman–Crippen MR) is 75.9 cm³/mol. The van der Waals surface area contributed by atoms with Crippen molar-refractivity contribution in [3.05, 3.63) is 11.3 Å². The van der Waals surface area contributed by atoms with Crippen molar-refractivity contribution >= 4 is 5.82 Å². The third kappa shape index (κ3) is 2.69. The second kappa shape index (κ2) is 5.31. The highest BCUT2D eigenvalue weighted by molar-refractivity contribution is 5.51. The molecular weight excluding hydrogens is 224 g/mol. The number of hydrogen-bond donors (Lipinski definition) is 1. The molecule has 2 rings (SSSR count). The first kappa shape index (κ1) is 13.4. The molecule has 0 saturated heterocycles. The zero-order valence-corrected chi connectivity index (χ0v) is 12.1. The van der Waals surface area contributed by atoms with E-state index in [0.717, 1.165) is 24.6 Å². The van der Waals surface area contributed by atoms with Crippen LogP contribution in [0.1, 0.15) is 37.9 Å². The molecule has 0 radical (unpaired) electrons. The van der Waals surface area contributed by atoms with Gasteiger partial charge in [-0.05, 0) is 52.5 Å². The van der Waals surface area contributed by atoms with E-state index in [1.807, 2.05) is 11.7 Å². The van der Waals surface area contributed by atoms with Gasteiger partial charge in [-0.2, -0.15) is 5.10 Å². The largest absolute Gasteiger partial charge is 0.354 e. The molecule has 4 nitrogen and oxygen atoms in total. The molecule has 102 valence electrons. The topological polar surface area (TPSA) is 47.1 Å². The van der Waals surface area contributed by atoms with E-state index in [0.29, 0.717) is 12.6 Å². The first-order valence-electron chi connectivity index (χ1n) is 7.03. The zero-order valence-electron chi connectivity index (χ0n) is 12.1. The summed E-state index contributed by atoms with van der Waals surface area (Å²) < 4.78 is 2.03. The van der Waals surface area contributed by atoms with Crippen LogP contribution in [-0.4, -0.2) is 28.9 Å². The molecule has 0 amide bonds. The lowest BCUT2D eigenvalue weighted by atomic mass is 10.1. The van der Waals surface area contributed by atoms with Gasteiger partial charge < -0.3 is 10.6 Å². The average molecular weight is 250 g/mol. The average Bonchev–Trinajstić information content (AvgIpc) is 3.06. The summed E-state index contributed by atoms with van der Waals surface area (Å²) in [6.07, 6.45) is 3.68. The van der Waals surface area contributed by atoms with Crippen molar-refractivity contribution in [2.45, 2.75) is 46.1 Å². The summed E-state index contributed by atoms with van der Waals surface area (Å²) in [4.78, 5) is 2.50. The van der Waals surface area contributed by atoms with Crippen LogP contribution in [-0.2, 0) is 13.5 Å². The van der Waals surface area contributed by atoms with Crippen molar-refractivity contribution in [2.75, 3.05) is 18.0 Å². The summed E-state index contributed by atoms with van der Waals surface area (Å²) >= 11 is 0. The second-order valence-corrected chi connectivity index (χ2v) is 5.74. The summed E-state index contributed by atoms with van der Waals surface area (Å²) in [5, 5.41) is 4.58. The van der Waals surface area contributed by atoms with Crippen LogP contribution in [0.3, 0.4) is 0 Å². The van der Waals surface area contributed by atoms with E-state index in [-0.39, 0.29) is 0 Å². The van der Waals surface area contributed by atoms with Gasteiger partial charge in [0.1, 0.15) is 5.82 Å². The molecule has 4 heteroatoms. The normalized spacial score (nSPS) is 15.4. The molecule has 1 aliphatic carbocycles. The molecule has 0 unspecified atom stereocenters. The molecule has 1 heterocycles. The Bertz CT molecular complexity index is 404. The number of aromatic nitrogens is 2. The molecule has 0 atom stereocenters. The number of rotatable bonds is 6. The maximum atomic E-state index is 5.74. The van der Waals surface area contributed by atoms with E-state index in [4.69, 9.17) is 5.73 Å². The Labute approximate surface area is 110 Å². The summed E-state index contributed by atoms with van der Waals surface area (Å²) in [5.41, 5.74) is 8.19. The molecule has 18 heavy (non-hydrogen) atoms. The van der Waals surface area contributed by atoms with Crippen LogP contribution in [0, 0.1) is 12.8 Å². The molecule has 1 aliphatic rings. The quantitative estimate of drug-likeness (QED) is 0.838. The van der Waals surface area contributed by atoms with E-state index in [9.17, 15) is 0 Å². The van der Waals surface area contributed by atoms with E-state index < -0.39 is 0 Å². The maximum Gasteiger partial charge on any atom is 0.130 e. The fourth-order valence-corrected chi connectivity index (χ4v) is 2.61. The standard InChI is InChI=1S/C14H26N4/c1-10(2)18(9-12-5-6-12)14-13(7-8-15)11(3)16-17(14)4/h10,12H,5-9,15H2,1-4H3. The smallest absolute Gasteiger partial charge is 0.130 e. The Hall–Kier alpha value is -1.03. The van der Waals surface area contributed by atoms with Crippen molar-refractivity contribution in [3.63, 3.8) is 0 Å². The number of hydrogen-bond acceptors (Lipinski definition) is 3. The van der Waals surface area contributed by atoms with Gasteiger partial charge >= 0.3 is 0 Å². The van der Waals surface area contributed by atoms with E-state index in [1.54, 1.807) is 0 Å². The number of aryl methyl sites for hydroxylation is 2. The monoisotopic (exact) mass is 250 g/mol. The zero-order chi connectivity index (χ0) is 13.3. The van der Waals surface area contributed by atoms with Gasteiger partial charge in [-0.15, -0.1) is 0 Å². The maximum absolute atomic E-state index is 5.74. The second-order valence-electron chi connectivity index (χ2n) is 5.74. The molecule has 0 aromatic carbocycles. The van der Waals surface area contributed by atoms with Crippen LogP contribution in [0.25, 0.3) is 0 Å². The Balaban J connectivity index is 2.32. The van der Waals surface area contributed by atoms with Gasteiger partial charge in [-0.25, -0.2) is 0 Å². The molecule has 0 spiro atoms. The molecule has 1 saturated carbocycles. The third-order valence-corrected chi connectivity index (χ3v) is 3.75. The van der Waals surface area contributed by atoms with Crippen LogP contribution >= 0.6 is 0 Å². The van der Waals surface area contributed by atoms with Gasteiger partial charge in [0, 0.05) is 25.2 Å². The highest BCUT2D eigenvalue weighted by Gasteiger charge is 2.28. The minimum Gasteiger partial charge on any atom is -0.354 e. The van der Waals surface area contributed by atoms with Crippen LogP contribution in [0.4, 0.5) is 5.82 Å². The Kier molecular flexibility index (Phi) is 3.95. The molecule has 2 N–H and O–H groups in total. The highest BCUT2D eigenvalue weighted by atomic mass is 15.4. The Morgan fingerprint density at radius 1 is 1.44 bits per heavy atom. The Morgan fingerprint density at radius 2 is 2.11 bits per heavy atom. The Morgan fingerprint density at radius 3 is 2.61 bits per heavy atom. The summed E-state index contributed by atoms with van der Waals surface area (Å²) in [7, 11) is 2.05. The van der Waals surface area contributed by atoms with Crippen LogP contribution in [0.5, 0.6) is 0 Å². The van der Waals surface area contributed by atoms with Gasteiger partial charge in [0.15, 0.2) is 0 Å². The van der Waals surface area contributed by atoms with E-state index in [1.165, 1.54) is 24.2 Å². The van der Waals surface area contributed by atoms with Gasteiger partial charge in [-0.3, -0.25) is 4.68 Å². The predicted octanol–water partition coefficient (Wildman–Crippen LogP) is 1.85. The van der Waals surface area contributed by atoms with Crippen molar-refractivity contribution in [1.82, 2.24) is 9.78 Å². The lowest BCUT2D eigenvalue weighted by molar-refractivity contribution is 0.607. The molecule has 1 aromatic heterocycles. The number of anilines is 1. The summed E-state index contributed by atoms with van der Waals surface area (Å²) in [5.74, 6) is 2.16. The summed E-state index contributed by atoms with van der Waals surface area (Å²) in [6, 6.07) is 0.511. The first-order chi connectivity index (χ1) is 8.54. The minimum atomic E-state index is 0.511. The minimum absolute atomic E-state index is 0.511. The van der Waals surface area contributed by atoms with Crippen LogP contribution in [0.15, 0.2) is 0 Å². The molecule has 1 fully saturated rings. The summed E-state index contributed by atoms with van der Waals surface area (Å²) in [6.45, 7) is 8.46. The van der Waals surface area contributed by atoms with Gasteiger partial charge in [0.25, 0.3) is 0 Å². The van der Waals surface area contributed by atoms with E-state index >= 15 is 0 Å². The van der Waals surface area contributed by atoms with Crippen molar-refractivity contribution < 1.29 is 0 Å². The lowest BCUT2D eigenvalue weighted by Crippen LogP contribution is -2.35. The van der Waals surface area contributed by atoms with E-state index in [2.05, 4.69) is 30.8 Å². The fraction of sp³-hybridized carbons (Fsp3) is 0.786. The SMILES string of the molecule is Cc1nn(C)c(N(CC2CC2)C(C)C)c1CCN. The third-order valence-electron chi connectivity index (χ3n) is 3.75. The fourth-order valence-electron chi connectivity index (χ4n) is 2.61. The molecule has 1 aromatic rings. The van der Waals surface area contributed by atoms with Gasteiger partial charge in [0.05, 0.1) is 5.69 Å². The van der Waals surface area contributed by atoms with Crippen molar-refractivity contribution in [1.29, 1.82) is 0 Å².